The molecule has 0 atom stereocenters. The average molecular weight is 313 g/mol. The minimum atomic E-state index is -1.26. The predicted molar refractivity (Wildman–Crippen MR) is 78.5 cm³/mol. The maximum absolute atomic E-state index is 13.0. The number of anilines is 1. The van der Waals surface area contributed by atoms with Crippen molar-refractivity contribution in [3.05, 3.63) is 23.6 Å². The van der Waals surface area contributed by atoms with Crippen LogP contribution in [0.15, 0.2) is 12.3 Å². The van der Waals surface area contributed by atoms with Crippen LogP contribution in [0.3, 0.4) is 0 Å². The fourth-order valence-corrected chi connectivity index (χ4v) is 1.54. The molecule has 8 heteroatoms. The lowest BCUT2D eigenvalue weighted by molar-refractivity contribution is 0.0527. The van der Waals surface area contributed by atoms with Crippen molar-refractivity contribution in [2.24, 2.45) is 0 Å². The van der Waals surface area contributed by atoms with Crippen molar-refractivity contribution < 1.29 is 23.8 Å². The number of hydrogen-bond donors (Lipinski definition) is 3. The van der Waals surface area contributed by atoms with E-state index in [1.54, 1.807) is 20.8 Å². The molecule has 0 unspecified atom stereocenters. The summed E-state index contributed by atoms with van der Waals surface area (Å²) in [7, 11) is 0. The maximum atomic E-state index is 13.0. The number of rotatable bonds is 6. The van der Waals surface area contributed by atoms with Crippen LogP contribution in [0, 0.1) is 5.82 Å². The van der Waals surface area contributed by atoms with Crippen LogP contribution in [0.25, 0.3) is 0 Å². The summed E-state index contributed by atoms with van der Waals surface area (Å²) >= 11 is 0. The summed E-state index contributed by atoms with van der Waals surface area (Å²) in [5.74, 6) is -1.89. The SMILES string of the molecule is CC(C)(C)OC(=O)NCCCNc1ncc(F)cc1C(=O)O. The molecule has 0 aromatic carbocycles. The number of nitrogens with zero attached hydrogens (tertiary/aromatic N) is 1. The Balaban J connectivity index is 2.37. The number of halogens is 1. The summed E-state index contributed by atoms with van der Waals surface area (Å²) in [6, 6.07) is 0.899. The molecule has 0 radical (unpaired) electrons. The molecule has 7 nitrogen and oxygen atoms in total. The first kappa shape index (κ1) is 17.7. The molecule has 0 saturated carbocycles. The molecule has 1 aromatic heterocycles. The highest BCUT2D eigenvalue weighted by Crippen LogP contribution is 2.13. The summed E-state index contributed by atoms with van der Waals surface area (Å²) in [6.45, 7) is 6.02. The lowest BCUT2D eigenvalue weighted by Gasteiger charge is -2.19. The van der Waals surface area contributed by atoms with Gasteiger partial charge in [0, 0.05) is 13.1 Å². The van der Waals surface area contributed by atoms with Crippen LogP contribution in [-0.4, -0.2) is 40.8 Å². The Hall–Kier alpha value is -2.38. The number of alkyl carbamates (subject to hydrolysis) is 1. The van der Waals surface area contributed by atoms with Crippen LogP contribution < -0.4 is 10.6 Å². The Morgan fingerprint density at radius 2 is 2.05 bits per heavy atom. The van der Waals surface area contributed by atoms with E-state index < -0.39 is 23.5 Å². The Kier molecular flexibility index (Phi) is 6.09. The third-order valence-electron chi connectivity index (χ3n) is 2.40. The third-order valence-corrected chi connectivity index (χ3v) is 2.40. The van der Waals surface area contributed by atoms with Crippen molar-refractivity contribution in [2.75, 3.05) is 18.4 Å². The molecular formula is C14H20FN3O4. The first-order valence-corrected chi connectivity index (χ1v) is 6.78. The van der Waals surface area contributed by atoms with E-state index in [2.05, 4.69) is 15.6 Å². The molecule has 0 saturated heterocycles. The van der Waals surface area contributed by atoms with E-state index in [-0.39, 0.29) is 11.4 Å². The van der Waals surface area contributed by atoms with E-state index in [9.17, 15) is 14.0 Å². The van der Waals surface area contributed by atoms with Crippen LogP contribution >= 0.6 is 0 Å². The van der Waals surface area contributed by atoms with Crippen LogP contribution in [0.2, 0.25) is 0 Å². The number of carbonyl (C=O) groups excluding carboxylic acids is 1. The number of ether oxygens (including phenoxy) is 1. The molecule has 1 rings (SSSR count). The zero-order valence-electron chi connectivity index (χ0n) is 12.8. The Labute approximate surface area is 127 Å². The standard InChI is InChI=1S/C14H20FN3O4/c1-14(2,3)22-13(21)17-6-4-5-16-11-10(12(19)20)7-9(15)8-18-11/h7-8H,4-6H2,1-3H3,(H,16,18)(H,17,21)(H,19,20). The topological polar surface area (TPSA) is 101 Å². The fraction of sp³-hybridized carbons (Fsp3) is 0.500. The van der Waals surface area contributed by atoms with Gasteiger partial charge in [-0.15, -0.1) is 0 Å². The monoisotopic (exact) mass is 313 g/mol. The van der Waals surface area contributed by atoms with Crippen LogP contribution in [0.1, 0.15) is 37.6 Å². The minimum Gasteiger partial charge on any atom is -0.478 e. The van der Waals surface area contributed by atoms with Gasteiger partial charge in [0.25, 0.3) is 0 Å². The second-order valence-electron chi connectivity index (χ2n) is 5.56. The molecule has 1 heterocycles. The molecule has 22 heavy (non-hydrogen) atoms. The van der Waals surface area contributed by atoms with E-state index >= 15 is 0 Å². The molecule has 0 aliphatic carbocycles. The van der Waals surface area contributed by atoms with Crippen molar-refractivity contribution in [3.63, 3.8) is 0 Å². The van der Waals surface area contributed by atoms with Gasteiger partial charge in [-0.3, -0.25) is 0 Å². The first-order chi connectivity index (χ1) is 10.2. The third kappa shape index (κ3) is 6.38. The lowest BCUT2D eigenvalue weighted by Crippen LogP contribution is -2.33. The fourth-order valence-electron chi connectivity index (χ4n) is 1.54. The molecule has 122 valence electrons. The Morgan fingerprint density at radius 1 is 1.36 bits per heavy atom. The highest BCUT2D eigenvalue weighted by Gasteiger charge is 2.15. The van der Waals surface area contributed by atoms with Crippen molar-refractivity contribution in [2.45, 2.75) is 32.8 Å². The van der Waals surface area contributed by atoms with E-state index in [1.165, 1.54) is 0 Å². The summed E-state index contributed by atoms with van der Waals surface area (Å²) in [6.07, 6.45) is 0.948. The van der Waals surface area contributed by atoms with Gasteiger partial charge in [-0.1, -0.05) is 0 Å². The molecule has 0 bridgehead atoms. The van der Waals surface area contributed by atoms with Gasteiger partial charge in [0.05, 0.1) is 6.20 Å². The maximum Gasteiger partial charge on any atom is 0.407 e. The molecular weight excluding hydrogens is 293 g/mol. The molecule has 0 spiro atoms. The second kappa shape index (κ2) is 7.58. The molecule has 0 fully saturated rings. The lowest BCUT2D eigenvalue weighted by atomic mass is 10.2. The van der Waals surface area contributed by atoms with Crippen LogP contribution in [-0.2, 0) is 4.74 Å². The Morgan fingerprint density at radius 3 is 2.64 bits per heavy atom. The van der Waals surface area contributed by atoms with E-state index in [4.69, 9.17) is 9.84 Å². The molecule has 0 aliphatic heterocycles. The van der Waals surface area contributed by atoms with E-state index in [0.717, 1.165) is 12.3 Å². The van der Waals surface area contributed by atoms with Crippen molar-refractivity contribution in [3.8, 4) is 0 Å². The largest absolute Gasteiger partial charge is 0.478 e. The van der Waals surface area contributed by atoms with Gasteiger partial charge in [0.2, 0.25) is 0 Å². The number of amides is 1. The summed E-state index contributed by atoms with van der Waals surface area (Å²) in [5, 5.41) is 14.3. The number of carboxylic acid groups (broad SMARTS) is 1. The van der Waals surface area contributed by atoms with Crippen molar-refractivity contribution in [1.29, 1.82) is 0 Å². The summed E-state index contributed by atoms with van der Waals surface area (Å²) in [5.41, 5.74) is -0.795. The van der Waals surface area contributed by atoms with Crippen LogP contribution in [0.4, 0.5) is 15.0 Å². The molecule has 1 amide bonds. The highest BCUT2D eigenvalue weighted by atomic mass is 19.1. The van der Waals surface area contributed by atoms with Gasteiger partial charge < -0.3 is 20.5 Å². The van der Waals surface area contributed by atoms with Gasteiger partial charge in [0.15, 0.2) is 0 Å². The number of aromatic carboxylic acids is 1. The van der Waals surface area contributed by atoms with E-state index in [0.29, 0.717) is 19.5 Å². The van der Waals surface area contributed by atoms with Gasteiger partial charge >= 0.3 is 12.1 Å². The minimum absolute atomic E-state index is 0.0890. The van der Waals surface area contributed by atoms with Gasteiger partial charge in [-0.25, -0.2) is 19.0 Å². The Bertz CT molecular complexity index is 543. The average Bonchev–Trinajstić information content (AvgIpc) is 2.37. The van der Waals surface area contributed by atoms with Crippen molar-refractivity contribution >= 4 is 17.9 Å². The van der Waals surface area contributed by atoms with E-state index in [1.807, 2.05) is 0 Å². The zero-order valence-corrected chi connectivity index (χ0v) is 12.8. The number of pyridine rings is 1. The van der Waals surface area contributed by atoms with Gasteiger partial charge in [0.1, 0.15) is 22.8 Å². The number of carboxylic acids is 1. The quantitative estimate of drug-likeness (QED) is 0.696. The number of nitrogens with one attached hydrogen (secondary N) is 2. The summed E-state index contributed by atoms with van der Waals surface area (Å²) in [4.78, 5) is 26.1. The molecule has 3 N–H and O–H groups in total. The predicted octanol–water partition coefficient (Wildman–Crippen LogP) is 2.25. The first-order valence-electron chi connectivity index (χ1n) is 6.78. The van der Waals surface area contributed by atoms with Gasteiger partial charge in [-0.05, 0) is 33.3 Å². The van der Waals surface area contributed by atoms with Crippen LogP contribution in [0.5, 0.6) is 0 Å². The number of hydrogen-bond acceptors (Lipinski definition) is 5. The van der Waals surface area contributed by atoms with Gasteiger partial charge in [-0.2, -0.15) is 0 Å². The highest BCUT2D eigenvalue weighted by molar-refractivity contribution is 5.93. The van der Waals surface area contributed by atoms with Crippen molar-refractivity contribution in [1.82, 2.24) is 10.3 Å². The zero-order chi connectivity index (χ0) is 16.8. The number of aromatic nitrogens is 1. The summed E-state index contributed by atoms with van der Waals surface area (Å²) < 4.78 is 18.0. The molecule has 0 aliphatic rings. The second-order valence-corrected chi connectivity index (χ2v) is 5.56. The number of carbonyl (C=O) groups is 2. The molecule has 1 aromatic rings. The smallest absolute Gasteiger partial charge is 0.407 e. The normalized spacial score (nSPS) is 10.9.